The molecule has 2 aromatic heterocycles. The van der Waals surface area contributed by atoms with Crippen molar-refractivity contribution in [1.82, 2.24) is 15.3 Å². The Balaban J connectivity index is 1.59. The molecule has 1 aromatic carbocycles. The van der Waals surface area contributed by atoms with Crippen LogP contribution in [0.2, 0.25) is 5.02 Å². The van der Waals surface area contributed by atoms with Gasteiger partial charge in [0.2, 0.25) is 0 Å². The molecule has 2 N–H and O–H groups in total. The van der Waals surface area contributed by atoms with E-state index in [4.69, 9.17) is 11.6 Å². The van der Waals surface area contributed by atoms with Crippen LogP contribution in [0.4, 0.5) is 0 Å². The highest BCUT2D eigenvalue weighted by molar-refractivity contribution is 6.36. The number of hydrogen-bond acceptors (Lipinski definition) is 2. The third kappa shape index (κ3) is 2.84. The summed E-state index contributed by atoms with van der Waals surface area (Å²) in [5, 5.41) is 5.29. The van der Waals surface area contributed by atoms with E-state index in [1.54, 1.807) is 0 Å². The lowest BCUT2D eigenvalue weighted by Crippen LogP contribution is -2.17. The van der Waals surface area contributed by atoms with Crippen LogP contribution >= 0.6 is 11.6 Å². The molecule has 0 aliphatic rings. The van der Waals surface area contributed by atoms with Gasteiger partial charge in [0, 0.05) is 48.0 Å². The van der Waals surface area contributed by atoms with E-state index in [1.807, 2.05) is 48.7 Å². The minimum absolute atomic E-state index is 0.736. The maximum Gasteiger partial charge on any atom is 0.0705 e. The van der Waals surface area contributed by atoms with Crippen molar-refractivity contribution >= 4 is 22.5 Å². The Bertz CT molecular complexity index is 691. The fraction of sp³-hybridized carbons (Fsp3) is 0.188. The quantitative estimate of drug-likeness (QED) is 0.704. The van der Waals surface area contributed by atoms with Gasteiger partial charge in [-0.1, -0.05) is 35.9 Å². The predicted molar refractivity (Wildman–Crippen MR) is 83.0 cm³/mol. The number of rotatable bonds is 5. The number of para-hydroxylation sites is 1. The maximum absolute atomic E-state index is 6.37. The van der Waals surface area contributed by atoms with E-state index in [0.29, 0.717) is 0 Å². The Hall–Kier alpha value is -1.84. The average molecular weight is 286 g/mol. The van der Waals surface area contributed by atoms with E-state index in [0.717, 1.165) is 46.8 Å². The van der Waals surface area contributed by atoms with Crippen LogP contribution < -0.4 is 5.32 Å². The van der Waals surface area contributed by atoms with Crippen molar-refractivity contribution in [2.24, 2.45) is 0 Å². The molecule has 0 atom stereocenters. The number of pyridine rings is 1. The predicted octanol–water partition coefficient (Wildman–Crippen LogP) is 3.55. The number of fused-ring (bicyclic) bond motifs is 1. The minimum atomic E-state index is 0.736. The Labute approximate surface area is 123 Å². The molecule has 2 heterocycles. The summed E-state index contributed by atoms with van der Waals surface area (Å²) in [6, 6.07) is 14.1. The topological polar surface area (TPSA) is 40.7 Å². The molecule has 0 saturated carbocycles. The van der Waals surface area contributed by atoms with Gasteiger partial charge in [-0.25, -0.2) is 0 Å². The van der Waals surface area contributed by atoms with Gasteiger partial charge in [-0.15, -0.1) is 0 Å². The third-order valence-corrected chi connectivity index (χ3v) is 3.73. The number of aromatic nitrogens is 2. The molecule has 0 amide bonds. The van der Waals surface area contributed by atoms with E-state index in [-0.39, 0.29) is 0 Å². The first-order chi connectivity index (χ1) is 9.84. The molecular formula is C16H16ClN3. The minimum Gasteiger partial charge on any atom is -0.356 e. The molecule has 0 aliphatic heterocycles. The molecule has 0 aliphatic carbocycles. The summed E-state index contributed by atoms with van der Waals surface area (Å²) in [5.41, 5.74) is 3.22. The highest BCUT2D eigenvalue weighted by atomic mass is 35.5. The lowest BCUT2D eigenvalue weighted by atomic mass is 10.2. The molecule has 4 heteroatoms. The third-order valence-electron chi connectivity index (χ3n) is 3.30. The number of aromatic amines is 1. The molecule has 0 spiro atoms. The van der Waals surface area contributed by atoms with E-state index in [9.17, 15) is 0 Å². The van der Waals surface area contributed by atoms with Crippen LogP contribution in [-0.4, -0.2) is 16.5 Å². The highest BCUT2D eigenvalue weighted by Gasteiger charge is 2.07. The molecule has 102 valence electrons. The lowest BCUT2D eigenvalue weighted by Gasteiger charge is -2.03. The van der Waals surface area contributed by atoms with Gasteiger partial charge in [0.25, 0.3) is 0 Å². The second kappa shape index (κ2) is 6.07. The summed E-state index contributed by atoms with van der Waals surface area (Å²) in [7, 11) is 0. The average Bonchev–Trinajstić information content (AvgIpc) is 2.82. The standard InChI is InChI=1S/C16H16ClN3/c17-16-13-6-1-2-7-14(13)20-15(16)11-18-10-8-12-5-3-4-9-19-12/h1-7,9,18,20H,8,10-11H2. The number of halogens is 1. The van der Waals surface area contributed by atoms with Crippen molar-refractivity contribution in [2.45, 2.75) is 13.0 Å². The first-order valence-corrected chi connectivity index (χ1v) is 7.08. The van der Waals surface area contributed by atoms with Gasteiger partial charge < -0.3 is 10.3 Å². The molecule has 0 radical (unpaired) electrons. The maximum atomic E-state index is 6.37. The summed E-state index contributed by atoms with van der Waals surface area (Å²) in [6.07, 6.45) is 2.74. The van der Waals surface area contributed by atoms with E-state index < -0.39 is 0 Å². The van der Waals surface area contributed by atoms with Crippen molar-refractivity contribution in [3.8, 4) is 0 Å². The van der Waals surface area contributed by atoms with Crippen LogP contribution in [0.3, 0.4) is 0 Å². The van der Waals surface area contributed by atoms with Gasteiger partial charge in [0.15, 0.2) is 0 Å². The molecule has 3 rings (SSSR count). The van der Waals surface area contributed by atoms with Gasteiger partial charge in [0.1, 0.15) is 0 Å². The lowest BCUT2D eigenvalue weighted by molar-refractivity contribution is 0.672. The highest BCUT2D eigenvalue weighted by Crippen LogP contribution is 2.26. The number of benzene rings is 1. The fourth-order valence-corrected chi connectivity index (χ4v) is 2.54. The number of nitrogens with one attached hydrogen (secondary N) is 2. The first-order valence-electron chi connectivity index (χ1n) is 6.70. The normalized spacial score (nSPS) is 11.1. The second-order valence-corrected chi connectivity index (χ2v) is 5.09. The molecule has 0 fully saturated rings. The fourth-order valence-electron chi connectivity index (χ4n) is 2.26. The van der Waals surface area contributed by atoms with E-state index in [1.165, 1.54) is 0 Å². The Kier molecular flexibility index (Phi) is 4.00. The van der Waals surface area contributed by atoms with Crippen LogP contribution in [0.15, 0.2) is 48.7 Å². The van der Waals surface area contributed by atoms with Gasteiger partial charge >= 0.3 is 0 Å². The zero-order valence-electron chi connectivity index (χ0n) is 11.1. The zero-order chi connectivity index (χ0) is 13.8. The monoisotopic (exact) mass is 285 g/mol. The van der Waals surface area contributed by atoms with Crippen LogP contribution in [0.5, 0.6) is 0 Å². The van der Waals surface area contributed by atoms with E-state index in [2.05, 4.69) is 15.3 Å². The summed E-state index contributed by atoms with van der Waals surface area (Å²) in [6.45, 7) is 1.61. The molecule has 3 aromatic rings. The van der Waals surface area contributed by atoms with Gasteiger partial charge in [-0.3, -0.25) is 4.98 Å². The van der Waals surface area contributed by atoms with Gasteiger partial charge in [-0.05, 0) is 18.2 Å². The molecule has 0 unspecified atom stereocenters. The largest absolute Gasteiger partial charge is 0.356 e. The Morgan fingerprint density at radius 2 is 1.95 bits per heavy atom. The first kappa shape index (κ1) is 13.2. The van der Waals surface area contributed by atoms with E-state index >= 15 is 0 Å². The molecule has 0 bridgehead atoms. The summed E-state index contributed by atoms with van der Waals surface area (Å²) < 4.78 is 0. The second-order valence-electron chi connectivity index (χ2n) is 4.71. The van der Waals surface area contributed by atoms with Gasteiger partial charge in [-0.2, -0.15) is 0 Å². The molecular weight excluding hydrogens is 270 g/mol. The summed E-state index contributed by atoms with van der Waals surface area (Å²) in [5.74, 6) is 0. The summed E-state index contributed by atoms with van der Waals surface area (Å²) in [4.78, 5) is 7.65. The van der Waals surface area contributed by atoms with Crippen LogP contribution in [0.1, 0.15) is 11.4 Å². The van der Waals surface area contributed by atoms with Gasteiger partial charge in [0.05, 0.1) is 5.02 Å². The molecule has 3 nitrogen and oxygen atoms in total. The number of hydrogen-bond donors (Lipinski definition) is 2. The van der Waals surface area contributed by atoms with Crippen LogP contribution in [-0.2, 0) is 13.0 Å². The molecule has 20 heavy (non-hydrogen) atoms. The zero-order valence-corrected chi connectivity index (χ0v) is 11.8. The SMILES string of the molecule is Clc1c(CNCCc2ccccn2)[nH]c2ccccc12. The van der Waals surface area contributed by atoms with Crippen molar-refractivity contribution in [1.29, 1.82) is 0 Å². The Morgan fingerprint density at radius 1 is 1.10 bits per heavy atom. The van der Waals surface area contributed by atoms with Crippen molar-refractivity contribution in [3.63, 3.8) is 0 Å². The number of nitrogens with zero attached hydrogens (tertiary/aromatic N) is 1. The van der Waals surface area contributed by atoms with Crippen molar-refractivity contribution in [3.05, 3.63) is 65.1 Å². The van der Waals surface area contributed by atoms with Crippen LogP contribution in [0, 0.1) is 0 Å². The Morgan fingerprint density at radius 3 is 2.75 bits per heavy atom. The van der Waals surface area contributed by atoms with Crippen molar-refractivity contribution < 1.29 is 0 Å². The van der Waals surface area contributed by atoms with Crippen molar-refractivity contribution in [2.75, 3.05) is 6.54 Å². The molecule has 0 saturated heterocycles. The summed E-state index contributed by atoms with van der Waals surface area (Å²) >= 11 is 6.37. The number of H-pyrrole nitrogens is 1. The smallest absolute Gasteiger partial charge is 0.0705 e. The van der Waals surface area contributed by atoms with Crippen LogP contribution in [0.25, 0.3) is 10.9 Å².